The van der Waals surface area contributed by atoms with Gasteiger partial charge in [-0.15, -0.1) is 5.10 Å². The third-order valence-corrected chi connectivity index (χ3v) is 6.48. The maximum atomic E-state index is 12.9. The Hall–Kier alpha value is -3.85. The molecule has 0 aliphatic rings. The number of thiazole rings is 1. The van der Waals surface area contributed by atoms with Gasteiger partial charge in [-0.05, 0) is 54.0 Å². The minimum atomic E-state index is -0.216. The van der Waals surface area contributed by atoms with E-state index in [4.69, 9.17) is 18.9 Å². The van der Waals surface area contributed by atoms with Gasteiger partial charge in [-0.3, -0.25) is 4.79 Å². The molecule has 8 nitrogen and oxygen atoms in total. The van der Waals surface area contributed by atoms with Gasteiger partial charge in [-0.2, -0.15) is 9.50 Å². The third-order valence-electron chi connectivity index (χ3n) is 5.52. The van der Waals surface area contributed by atoms with Gasteiger partial charge in [0.2, 0.25) is 4.96 Å². The minimum absolute atomic E-state index is 0.216. The molecule has 188 valence electrons. The van der Waals surface area contributed by atoms with Crippen molar-refractivity contribution in [2.45, 2.75) is 26.2 Å². The van der Waals surface area contributed by atoms with Crippen molar-refractivity contribution in [2.24, 2.45) is 0 Å². The first-order chi connectivity index (χ1) is 17.6. The molecule has 0 atom stereocenters. The highest BCUT2D eigenvalue weighted by molar-refractivity contribution is 7.15. The van der Waals surface area contributed by atoms with E-state index in [9.17, 15) is 4.79 Å². The van der Waals surface area contributed by atoms with Crippen LogP contribution in [0.2, 0.25) is 0 Å². The highest BCUT2D eigenvalue weighted by Gasteiger charge is 2.10. The molecular weight excluding hydrogens is 478 g/mol. The van der Waals surface area contributed by atoms with Crippen LogP contribution >= 0.6 is 11.3 Å². The summed E-state index contributed by atoms with van der Waals surface area (Å²) in [6, 6.07) is 11.2. The first-order valence-electron chi connectivity index (χ1n) is 11.7. The maximum Gasteiger partial charge on any atom is 0.291 e. The summed E-state index contributed by atoms with van der Waals surface area (Å²) < 4.78 is 23.8. The number of fused-ring (bicyclic) bond motifs is 1. The average molecular weight is 508 g/mol. The molecule has 0 aliphatic carbocycles. The highest BCUT2D eigenvalue weighted by Crippen LogP contribution is 2.29. The number of methoxy groups -OCH3 is 3. The molecule has 0 saturated heterocycles. The van der Waals surface area contributed by atoms with Crippen molar-refractivity contribution in [1.29, 1.82) is 0 Å². The number of unbranched alkanes of at least 4 members (excludes halogenated alkanes) is 2. The molecular formula is C27H29N3O5S. The van der Waals surface area contributed by atoms with Crippen LogP contribution in [0.1, 0.15) is 43.1 Å². The highest BCUT2D eigenvalue weighted by atomic mass is 32.1. The number of aromatic nitrogens is 3. The Morgan fingerprint density at radius 3 is 2.31 bits per heavy atom. The number of rotatable bonds is 11. The van der Waals surface area contributed by atoms with E-state index in [1.807, 2.05) is 48.6 Å². The quantitative estimate of drug-likeness (QED) is 0.277. The Balaban J connectivity index is 1.54. The maximum absolute atomic E-state index is 12.9. The molecule has 0 bridgehead atoms. The summed E-state index contributed by atoms with van der Waals surface area (Å²) in [6.07, 6.45) is 8.69. The summed E-state index contributed by atoms with van der Waals surface area (Å²) in [4.78, 5) is 17.9. The van der Waals surface area contributed by atoms with E-state index in [1.54, 1.807) is 27.4 Å². The molecule has 0 amide bonds. The Morgan fingerprint density at radius 1 is 0.889 bits per heavy atom. The van der Waals surface area contributed by atoms with Gasteiger partial charge in [0, 0.05) is 0 Å². The molecule has 0 aliphatic heterocycles. The smallest absolute Gasteiger partial charge is 0.291 e. The molecule has 0 N–H and O–H groups in total. The normalized spacial score (nSPS) is 11.9. The monoisotopic (exact) mass is 507 g/mol. The second kappa shape index (κ2) is 11.7. The van der Waals surface area contributed by atoms with Gasteiger partial charge in [0.1, 0.15) is 0 Å². The summed E-state index contributed by atoms with van der Waals surface area (Å²) in [5, 5.41) is 4.36. The van der Waals surface area contributed by atoms with Crippen LogP contribution in [0, 0.1) is 0 Å². The zero-order chi connectivity index (χ0) is 25.5. The molecule has 9 heteroatoms. The summed E-state index contributed by atoms with van der Waals surface area (Å²) >= 11 is 1.29. The number of hydrogen-bond donors (Lipinski definition) is 0. The SMILES string of the molecule is CCCCCOc1ccc(/C=c2\sc3nc(/C=C/c4ccc(OC)c(OC)c4)nn3c2=O)cc1OC. The van der Waals surface area contributed by atoms with Gasteiger partial charge in [-0.1, -0.05) is 49.3 Å². The summed E-state index contributed by atoms with van der Waals surface area (Å²) in [5.74, 6) is 3.07. The van der Waals surface area contributed by atoms with Gasteiger partial charge in [0.15, 0.2) is 28.8 Å². The lowest BCUT2D eigenvalue weighted by Gasteiger charge is -2.11. The molecule has 0 saturated carbocycles. The van der Waals surface area contributed by atoms with E-state index in [0.717, 1.165) is 30.4 Å². The van der Waals surface area contributed by atoms with E-state index in [0.29, 0.717) is 44.9 Å². The zero-order valence-electron chi connectivity index (χ0n) is 20.8. The second-order valence-electron chi connectivity index (χ2n) is 7.99. The number of benzene rings is 2. The zero-order valence-corrected chi connectivity index (χ0v) is 21.6. The van der Waals surface area contributed by atoms with Gasteiger partial charge in [-0.25, -0.2) is 0 Å². The van der Waals surface area contributed by atoms with Crippen LogP contribution in [0.3, 0.4) is 0 Å². The minimum Gasteiger partial charge on any atom is -0.493 e. The van der Waals surface area contributed by atoms with E-state index >= 15 is 0 Å². The van der Waals surface area contributed by atoms with Crippen molar-refractivity contribution in [3.63, 3.8) is 0 Å². The summed E-state index contributed by atoms with van der Waals surface area (Å²) in [7, 11) is 4.79. The summed E-state index contributed by atoms with van der Waals surface area (Å²) in [6.45, 7) is 2.80. The Morgan fingerprint density at radius 2 is 1.58 bits per heavy atom. The lowest BCUT2D eigenvalue weighted by Crippen LogP contribution is -2.23. The molecule has 2 heterocycles. The Kier molecular flexibility index (Phi) is 8.22. The van der Waals surface area contributed by atoms with E-state index < -0.39 is 0 Å². The van der Waals surface area contributed by atoms with Crippen LogP contribution in [-0.2, 0) is 0 Å². The average Bonchev–Trinajstić information content (AvgIpc) is 3.43. The number of hydrogen-bond acceptors (Lipinski definition) is 8. The molecule has 4 rings (SSSR count). The molecule has 36 heavy (non-hydrogen) atoms. The van der Waals surface area contributed by atoms with Gasteiger partial charge >= 0.3 is 0 Å². The number of ether oxygens (including phenoxy) is 4. The fourth-order valence-electron chi connectivity index (χ4n) is 3.63. The lowest BCUT2D eigenvalue weighted by molar-refractivity contribution is 0.286. The Labute approximate surface area is 213 Å². The van der Waals surface area contributed by atoms with Crippen molar-refractivity contribution in [2.75, 3.05) is 27.9 Å². The van der Waals surface area contributed by atoms with Crippen LogP contribution in [0.5, 0.6) is 23.0 Å². The van der Waals surface area contributed by atoms with E-state index in [-0.39, 0.29) is 5.56 Å². The van der Waals surface area contributed by atoms with Crippen LogP contribution < -0.4 is 29.0 Å². The largest absolute Gasteiger partial charge is 0.493 e. The molecule has 2 aromatic carbocycles. The van der Waals surface area contributed by atoms with Crippen LogP contribution in [0.15, 0.2) is 41.2 Å². The fourth-order valence-corrected chi connectivity index (χ4v) is 4.54. The molecule has 0 unspecified atom stereocenters. The van der Waals surface area contributed by atoms with E-state index in [1.165, 1.54) is 15.9 Å². The molecule has 0 spiro atoms. The predicted molar refractivity (Wildman–Crippen MR) is 142 cm³/mol. The first-order valence-corrected chi connectivity index (χ1v) is 12.5. The molecule has 4 aromatic rings. The Bertz CT molecular complexity index is 1470. The van der Waals surface area contributed by atoms with Crippen molar-refractivity contribution in [1.82, 2.24) is 14.6 Å². The van der Waals surface area contributed by atoms with Gasteiger partial charge < -0.3 is 18.9 Å². The standard InChI is InChI=1S/C27H29N3O5S/c1-5-6-7-14-35-21-12-9-19(16-23(21)34-4)17-24-26(31)30-27(36-24)28-25(29-30)13-10-18-8-11-20(32-2)22(15-18)33-3/h8-13,15-17H,5-7,14H2,1-4H3/b13-10+,24-17-. The van der Waals surface area contributed by atoms with Crippen molar-refractivity contribution >= 4 is 34.5 Å². The fraction of sp³-hybridized carbons (Fsp3) is 0.296. The van der Waals surface area contributed by atoms with Crippen LogP contribution in [0.25, 0.3) is 23.2 Å². The van der Waals surface area contributed by atoms with Gasteiger partial charge in [0.25, 0.3) is 5.56 Å². The van der Waals surface area contributed by atoms with Crippen molar-refractivity contribution in [3.8, 4) is 23.0 Å². The number of nitrogens with zero attached hydrogens (tertiary/aromatic N) is 3. The first kappa shape index (κ1) is 25.2. The van der Waals surface area contributed by atoms with E-state index in [2.05, 4.69) is 17.0 Å². The predicted octanol–water partition coefficient (Wildman–Crippen LogP) is 4.46. The van der Waals surface area contributed by atoms with Crippen LogP contribution in [0.4, 0.5) is 0 Å². The van der Waals surface area contributed by atoms with Crippen molar-refractivity contribution in [3.05, 3.63) is 68.2 Å². The molecule has 0 radical (unpaired) electrons. The van der Waals surface area contributed by atoms with Crippen molar-refractivity contribution < 1.29 is 18.9 Å². The molecule has 0 fully saturated rings. The van der Waals surface area contributed by atoms with Crippen LogP contribution in [-0.4, -0.2) is 42.5 Å². The topological polar surface area (TPSA) is 84.2 Å². The lowest BCUT2D eigenvalue weighted by atomic mass is 10.2. The van der Waals surface area contributed by atoms with Gasteiger partial charge in [0.05, 0.1) is 32.5 Å². The second-order valence-corrected chi connectivity index (χ2v) is 9.00. The summed E-state index contributed by atoms with van der Waals surface area (Å²) in [5.41, 5.74) is 1.52. The third kappa shape index (κ3) is 5.68. The molecule has 2 aromatic heterocycles.